The average molecular weight is 280 g/mol. The Balaban J connectivity index is 2.35. The van der Waals surface area contributed by atoms with Crippen molar-refractivity contribution in [2.24, 2.45) is 0 Å². The quantitative estimate of drug-likeness (QED) is 0.677. The summed E-state index contributed by atoms with van der Waals surface area (Å²) < 4.78 is 5.24. The number of Topliss-reactive ketones (excluding diaryl/α,β-unsaturated/α-hetero) is 1. The highest BCUT2D eigenvalue weighted by atomic mass is 16.5. The van der Waals surface area contributed by atoms with Gasteiger partial charge in [-0.1, -0.05) is 24.3 Å². The molecule has 0 unspecified atom stereocenters. The maximum atomic E-state index is 12.7. The zero-order valence-corrected chi connectivity index (χ0v) is 11.6. The van der Waals surface area contributed by atoms with E-state index in [1.54, 1.807) is 24.3 Å². The van der Waals surface area contributed by atoms with E-state index in [0.717, 1.165) is 0 Å². The van der Waals surface area contributed by atoms with Gasteiger partial charge < -0.3 is 4.74 Å². The smallest absolute Gasteiger partial charge is 0.198 e. The Morgan fingerprint density at radius 1 is 0.905 bits per heavy atom. The monoisotopic (exact) mass is 280 g/mol. The standard InChI is InChI=1S/C17H12O4/c1-9(18)10-7-8-13-14(17(10)21-2)16(20)12-6-4-3-5-11(12)15(13)19/h3-8H,1-2H3. The van der Waals surface area contributed by atoms with E-state index < -0.39 is 0 Å². The fourth-order valence-electron chi connectivity index (χ4n) is 2.65. The van der Waals surface area contributed by atoms with Gasteiger partial charge >= 0.3 is 0 Å². The first kappa shape index (κ1) is 13.2. The second kappa shape index (κ2) is 4.66. The van der Waals surface area contributed by atoms with Crippen LogP contribution in [0.5, 0.6) is 5.75 Å². The predicted molar refractivity (Wildman–Crippen MR) is 76.3 cm³/mol. The van der Waals surface area contributed by atoms with Crippen molar-refractivity contribution >= 4 is 17.3 Å². The third-order valence-corrected chi connectivity index (χ3v) is 3.63. The molecule has 0 saturated heterocycles. The van der Waals surface area contributed by atoms with Crippen LogP contribution >= 0.6 is 0 Å². The third-order valence-electron chi connectivity index (χ3n) is 3.63. The second-order valence-corrected chi connectivity index (χ2v) is 4.83. The van der Waals surface area contributed by atoms with Crippen LogP contribution in [0.25, 0.3) is 0 Å². The van der Waals surface area contributed by atoms with Gasteiger partial charge in [0.15, 0.2) is 17.3 Å². The molecule has 4 nitrogen and oxygen atoms in total. The number of benzene rings is 2. The van der Waals surface area contributed by atoms with Gasteiger partial charge in [0, 0.05) is 16.7 Å². The molecule has 0 spiro atoms. The molecule has 3 rings (SSSR count). The Labute approximate surface area is 121 Å². The van der Waals surface area contributed by atoms with Gasteiger partial charge in [0.2, 0.25) is 0 Å². The number of ether oxygens (including phenoxy) is 1. The minimum atomic E-state index is -0.292. The van der Waals surface area contributed by atoms with E-state index >= 15 is 0 Å². The normalized spacial score (nSPS) is 12.7. The molecule has 0 saturated carbocycles. The maximum Gasteiger partial charge on any atom is 0.198 e. The summed E-state index contributed by atoms with van der Waals surface area (Å²) in [6, 6.07) is 9.71. The summed E-state index contributed by atoms with van der Waals surface area (Å²) in [5, 5.41) is 0. The number of fused-ring (bicyclic) bond motifs is 2. The maximum absolute atomic E-state index is 12.7. The third kappa shape index (κ3) is 1.80. The van der Waals surface area contributed by atoms with Crippen molar-refractivity contribution in [3.8, 4) is 5.75 Å². The van der Waals surface area contributed by atoms with Crippen molar-refractivity contribution in [2.45, 2.75) is 6.92 Å². The lowest BCUT2D eigenvalue weighted by Crippen LogP contribution is -2.22. The summed E-state index contributed by atoms with van der Waals surface area (Å²) in [6.45, 7) is 1.40. The van der Waals surface area contributed by atoms with E-state index in [2.05, 4.69) is 0 Å². The summed E-state index contributed by atoms with van der Waals surface area (Å²) in [5.74, 6) is -0.560. The van der Waals surface area contributed by atoms with Gasteiger partial charge in [0.1, 0.15) is 5.75 Å². The zero-order chi connectivity index (χ0) is 15.1. The highest BCUT2D eigenvalue weighted by molar-refractivity contribution is 6.30. The molecule has 0 heterocycles. The Kier molecular flexibility index (Phi) is 2.94. The molecule has 104 valence electrons. The molecule has 1 aliphatic rings. The molecule has 0 radical (unpaired) electrons. The van der Waals surface area contributed by atoms with Crippen LogP contribution in [0.2, 0.25) is 0 Å². The molecule has 0 bridgehead atoms. The molecule has 0 atom stereocenters. The van der Waals surface area contributed by atoms with Gasteiger partial charge in [-0.25, -0.2) is 0 Å². The lowest BCUT2D eigenvalue weighted by molar-refractivity contribution is 0.0974. The number of carbonyl (C=O) groups excluding carboxylic acids is 3. The molecule has 2 aromatic carbocycles. The van der Waals surface area contributed by atoms with Crippen LogP contribution in [0.1, 0.15) is 49.1 Å². The van der Waals surface area contributed by atoms with E-state index in [0.29, 0.717) is 16.7 Å². The van der Waals surface area contributed by atoms with Crippen LogP contribution in [-0.2, 0) is 0 Å². The lowest BCUT2D eigenvalue weighted by atomic mass is 9.82. The minimum absolute atomic E-state index is 0.174. The summed E-state index contributed by atoms with van der Waals surface area (Å²) in [4.78, 5) is 36.8. The van der Waals surface area contributed by atoms with Gasteiger partial charge in [0.25, 0.3) is 0 Å². The second-order valence-electron chi connectivity index (χ2n) is 4.83. The first-order valence-electron chi connectivity index (χ1n) is 6.46. The molecule has 0 aromatic heterocycles. The molecule has 0 N–H and O–H groups in total. The Hall–Kier alpha value is -2.75. The van der Waals surface area contributed by atoms with Crippen LogP contribution < -0.4 is 4.74 Å². The fourth-order valence-corrected chi connectivity index (χ4v) is 2.65. The van der Waals surface area contributed by atoms with Gasteiger partial charge in [0.05, 0.1) is 18.2 Å². The van der Waals surface area contributed by atoms with Crippen LogP contribution in [-0.4, -0.2) is 24.5 Å². The van der Waals surface area contributed by atoms with Gasteiger partial charge in [-0.05, 0) is 19.1 Å². The van der Waals surface area contributed by atoms with E-state index in [4.69, 9.17) is 4.74 Å². The minimum Gasteiger partial charge on any atom is -0.495 e. The summed E-state index contributed by atoms with van der Waals surface area (Å²) in [5.41, 5.74) is 1.48. The zero-order valence-electron chi connectivity index (χ0n) is 11.6. The number of hydrogen-bond acceptors (Lipinski definition) is 4. The highest BCUT2D eigenvalue weighted by Gasteiger charge is 2.33. The van der Waals surface area contributed by atoms with E-state index in [-0.39, 0.29) is 34.2 Å². The molecule has 2 aromatic rings. The van der Waals surface area contributed by atoms with Crippen LogP contribution in [0.15, 0.2) is 36.4 Å². The lowest BCUT2D eigenvalue weighted by Gasteiger charge is -2.20. The number of carbonyl (C=O) groups is 3. The van der Waals surface area contributed by atoms with Crippen molar-refractivity contribution in [2.75, 3.05) is 7.11 Å². The molecular weight excluding hydrogens is 268 g/mol. The highest BCUT2D eigenvalue weighted by Crippen LogP contribution is 2.35. The average Bonchev–Trinajstić information content (AvgIpc) is 2.51. The SMILES string of the molecule is COc1c(C(C)=O)ccc2c1C(=O)c1ccccc1C2=O. The molecule has 0 aliphatic heterocycles. The molecule has 0 amide bonds. The van der Waals surface area contributed by atoms with Crippen LogP contribution in [0.3, 0.4) is 0 Å². The van der Waals surface area contributed by atoms with Gasteiger partial charge in [-0.15, -0.1) is 0 Å². The van der Waals surface area contributed by atoms with Crippen LogP contribution in [0, 0.1) is 0 Å². The van der Waals surface area contributed by atoms with Crippen molar-refractivity contribution in [1.82, 2.24) is 0 Å². The van der Waals surface area contributed by atoms with E-state index in [1.165, 1.54) is 26.2 Å². The number of methoxy groups -OCH3 is 1. The topological polar surface area (TPSA) is 60.4 Å². The van der Waals surface area contributed by atoms with Crippen LogP contribution in [0.4, 0.5) is 0 Å². The largest absolute Gasteiger partial charge is 0.495 e. The Morgan fingerprint density at radius 2 is 1.52 bits per heavy atom. The predicted octanol–water partition coefficient (Wildman–Crippen LogP) is 2.67. The van der Waals surface area contributed by atoms with E-state index in [9.17, 15) is 14.4 Å². The van der Waals surface area contributed by atoms with Gasteiger partial charge in [-0.3, -0.25) is 14.4 Å². The van der Waals surface area contributed by atoms with E-state index in [1.807, 2.05) is 0 Å². The summed E-state index contributed by atoms with van der Waals surface area (Å²) in [6.07, 6.45) is 0. The van der Waals surface area contributed by atoms with Crippen molar-refractivity contribution in [3.63, 3.8) is 0 Å². The molecule has 21 heavy (non-hydrogen) atoms. The fraction of sp³-hybridized carbons (Fsp3) is 0.118. The number of rotatable bonds is 2. The molecule has 4 heteroatoms. The molecule has 0 fully saturated rings. The molecular formula is C17H12O4. The van der Waals surface area contributed by atoms with Gasteiger partial charge in [-0.2, -0.15) is 0 Å². The summed E-state index contributed by atoms with van der Waals surface area (Å²) in [7, 11) is 1.39. The summed E-state index contributed by atoms with van der Waals surface area (Å²) >= 11 is 0. The van der Waals surface area contributed by atoms with Crippen molar-refractivity contribution in [3.05, 3.63) is 64.2 Å². The first-order chi connectivity index (χ1) is 10.1. The Bertz CT molecular complexity index is 802. The molecule has 1 aliphatic carbocycles. The Morgan fingerprint density at radius 3 is 2.10 bits per heavy atom. The first-order valence-corrected chi connectivity index (χ1v) is 6.46. The number of ketones is 3. The van der Waals surface area contributed by atoms with Crippen molar-refractivity contribution in [1.29, 1.82) is 0 Å². The number of hydrogen-bond donors (Lipinski definition) is 0. The van der Waals surface area contributed by atoms with Crippen molar-refractivity contribution < 1.29 is 19.1 Å².